The van der Waals surface area contributed by atoms with Gasteiger partial charge in [0.1, 0.15) is 0 Å². The molecule has 0 saturated heterocycles. The molecule has 18 heavy (non-hydrogen) atoms. The van der Waals surface area contributed by atoms with Crippen LogP contribution in [0.4, 0.5) is 5.69 Å². The van der Waals surface area contributed by atoms with Gasteiger partial charge >= 0.3 is 0 Å². The Morgan fingerprint density at radius 3 is 2.83 bits per heavy atom. The zero-order valence-electron chi connectivity index (χ0n) is 11.1. The van der Waals surface area contributed by atoms with Crippen molar-refractivity contribution in [2.75, 3.05) is 5.32 Å². The first-order chi connectivity index (χ1) is 8.83. The largest absolute Gasteiger partial charge is 0.382 e. The van der Waals surface area contributed by atoms with E-state index in [1.165, 1.54) is 50.6 Å². The molecule has 2 heteroatoms. The fraction of sp³-hybridized carbons (Fsp3) is 0.625. The van der Waals surface area contributed by atoms with Gasteiger partial charge in [-0.1, -0.05) is 12.1 Å². The molecule has 2 atom stereocenters. The van der Waals surface area contributed by atoms with Gasteiger partial charge in [0.2, 0.25) is 0 Å². The molecule has 2 aliphatic carbocycles. The molecule has 2 unspecified atom stereocenters. The fourth-order valence-electron chi connectivity index (χ4n) is 3.50. The lowest BCUT2D eigenvalue weighted by molar-refractivity contribution is 0.409. The molecule has 0 amide bonds. The number of hydrogen-bond acceptors (Lipinski definition) is 2. The normalized spacial score (nSPS) is 27.6. The molecule has 1 aromatic rings. The van der Waals surface area contributed by atoms with E-state index in [1.54, 1.807) is 11.1 Å². The molecule has 1 fully saturated rings. The third-order valence-electron chi connectivity index (χ3n) is 4.47. The number of fused-ring (bicyclic) bond motifs is 1. The van der Waals surface area contributed by atoms with Crippen molar-refractivity contribution in [1.29, 1.82) is 0 Å². The number of nitrogens with one attached hydrogen (secondary N) is 1. The minimum absolute atomic E-state index is 0.399. The van der Waals surface area contributed by atoms with E-state index in [0.717, 1.165) is 6.42 Å². The van der Waals surface area contributed by atoms with E-state index < -0.39 is 0 Å². The van der Waals surface area contributed by atoms with E-state index in [2.05, 4.69) is 23.5 Å². The van der Waals surface area contributed by atoms with Crippen LogP contribution < -0.4 is 11.1 Å². The smallest absolute Gasteiger partial charge is 0.0377 e. The van der Waals surface area contributed by atoms with Gasteiger partial charge in [-0.2, -0.15) is 0 Å². The van der Waals surface area contributed by atoms with Crippen LogP contribution >= 0.6 is 0 Å². The Labute approximate surface area is 110 Å². The maximum absolute atomic E-state index is 6.08. The highest BCUT2D eigenvalue weighted by molar-refractivity contribution is 5.56. The molecule has 0 radical (unpaired) electrons. The van der Waals surface area contributed by atoms with E-state index in [1.807, 2.05) is 0 Å². The lowest BCUT2D eigenvalue weighted by Gasteiger charge is -2.30. The molecule has 98 valence electrons. The molecule has 0 bridgehead atoms. The fourth-order valence-corrected chi connectivity index (χ4v) is 3.50. The summed E-state index contributed by atoms with van der Waals surface area (Å²) in [5.74, 6) is 0. The van der Waals surface area contributed by atoms with Gasteiger partial charge in [0.25, 0.3) is 0 Å². The first-order valence-corrected chi connectivity index (χ1v) is 7.46. The lowest BCUT2D eigenvalue weighted by Crippen LogP contribution is -2.35. The first-order valence-electron chi connectivity index (χ1n) is 7.46. The van der Waals surface area contributed by atoms with Crippen molar-refractivity contribution in [2.24, 2.45) is 5.73 Å². The van der Waals surface area contributed by atoms with Gasteiger partial charge in [0.15, 0.2) is 0 Å². The van der Waals surface area contributed by atoms with Crippen molar-refractivity contribution >= 4 is 5.69 Å². The van der Waals surface area contributed by atoms with Crippen LogP contribution in [0.1, 0.15) is 49.7 Å². The summed E-state index contributed by atoms with van der Waals surface area (Å²) >= 11 is 0. The molecule has 0 aliphatic heterocycles. The molecule has 1 aromatic carbocycles. The zero-order valence-corrected chi connectivity index (χ0v) is 11.1. The quantitative estimate of drug-likeness (QED) is 0.838. The second-order valence-corrected chi connectivity index (χ2v) is 5.92. The maximum Gasteiger partial charge on any atom is 0.0377 e. The number of nitrogens with two attached hydrogens (primary N) is 1. The van der Waals surface area contributed by atoms with Gasteiger partial charge in [-0.15, -0.1) is 0 Å². The maximum atomic E-state index is 6.08. The van der Waals surface area contributed by atoms with E-state index in [4.69, 9.17) is 5.73 Å². The summed E-state index contributed by atoms with van der Waals surface area (Å²) in [6, 6.07) is 7.74. The molecule has 1 saturated carbocycles. The first kappa shape index (κ1) is 12.0. The summed E-state index contributed by atoms with van der Waals surface area (Å²) in [7, 11) is 0. The van der Waals surface area contributed by atoms with Crippen molar-refractivity contribution in [2.45, 2.75) is 63.5 Å². The highest BCUT2D eigenvalue weighted by Crippen LogP contribution is 2.30. The Morgan fingerprint density at radius 1 is 1.06 bits per heavy atom. The Kier molecular flexibility index (Phi) is 3.55. The van der Waals surface area contributed by atoms with Crippen LogP contribution in [0.3, 0.4) is 0 Å². The molecule has 0 spiro atoms. The molecule has 3 rings (SSSR count). The molecule has 0 heterocycles. The Bertz CT molecular complexity index is 414. The predicted molar refractivity (Wildman–Crippen MR) is 76.9 cm³/mol. The van der Waals surface area contributed by atoms with Gasteiger partial charge in [-0.05, 0) is 68.6 Å². The number of anilines is 1. The van der Waals surface area contributed by atoms with E-state index in [9.17, 15) is 0 Å². The molecule has 2 aliphatic rings. The molecular weight excluding hydrogens is 220 g/mol. The van der Waals surface area contributed by atoms with E-state index in [-0.39, 0.29) is 0 Å². The summed E-state index contributed by atoms with van der Waals surface area (Å²) in [5, 5.41) is 3.76. The molecular formula is C16H24N2. The van der Waals surface area contributed by atoms with Crippen LogP contribution in [0.15, 0.2) is 18.2 Å². The highest BCUT2D eigenvalue weighted by Gasteiger charge is 2.20. The van der Waals surface area contributed by atoms with E-state index in [0.29, 0.717) is 12.1 Å². The van der Waals surface area contributed by atoms with Crippen molar-refractivity contribution in [3.05, 3.63) is 29.3 Å². The van der Waals surface area contributed by atoms with Crippen molar-refractivity contribution in [3.8, 4) is 0 Å². The highest BCUT2D eigenvalue weighted by atomic mass is 14.9. The average molecular weight is 244 g/mol. The number of rotatable bonds is 2. The molecule has 2 nitrogen and oxygen atoms in total. The van der Waals surface area contributed by atoms with Gasteiger partial charge in [-0.25, -0.2) is 0 Å². The van der Waals surface area contributed by atoms with Crippen LogP contribution in [-0.4, -0.2) is 12.1 Å². The summed E-state index contributed by atoms with van der Waals surface area (Å²) in [4.78, 5) is 0. The third-order valence-corrected chi connectivity index (χ3v) is 4.47. The number of aryl methyl sites for hydroxylation is 1. The van der Waals surface area contributed by atoms with Crippen molar-refractivity contribution in [3.63, 3.8) is 0 Å². The summed E-state index contributed by atoms with van der Waals surface area (Å²) in [6.07, 6.45) is 10.1. The Hall–Kier alpha value is -1.02. The van der Waals surface area contributed by atoms with Crippen LogP contribution in [0.5, 0.6) is 0 Å². The Morgan fingerprint density at radius 2 is 1.94 bits per heavy atom. The van der Waals surface area contributed by atoms with Crippen molar-refractivity contribution < 1.29 is 0 Å². The lowest BCUT2D eigenvalue weighted by atomic mass is 9.88. The van der Waals surface area contributed by atoms with Gasteiger partial charge in [-0.3, -0.25) is 0 Å². The summed E-state index contributed by atoms with van der Waals surface area (Å²) in [5.41, 5.74) is 10.6. The standard InChI is InChI=1S/C16H24N2/c17-13-7-4-8-14(11-13)18-16-10-3-6-12-5-1-2-9-15(12)16/h3,6,10,13-14,18H,1-2,4-5,7-9,11,17H2. The second-order valence-electron chi connectivity index (χ2n) is 5.92. The van der Waals surface area contributed by atoms with Crippen molar-refractivity contribution in [1.82, 2.24) is 0 Å². The van der Waals surface area contributed by atoms with Crippen LogP contribution in [0.2, 0.25) is 0 Å². The van der Waals surface area contributed by atoms with Gasteiger partial charge in [0.05, 0.1) is 0 Å². The van der Waals surface area contributed by atoms with Crippen LogP contribution in [0, 0.1) is 0 Å². The number of hydrogen-bond donors (Lipinski definition) is 2. The zero-order chi connectivity index (χ0) is 12.4. The van der Waals surface area contributed by atoms with Crippen LogP contribution in [0.25, 0.3) is 0 Å². The summed E-state index contributed by atoms with van der Waals surface area (Å²) in [6.45, 7) is 0. The van der Waals surface area contributed by atoms with Gasteiger partial charge in [0, 0.05) is 17.8 Å². The average Bonchev–Trinajstić information content (AvgIpc) is 2.39. The topological polar surface area (TPSA) is 38.0 Å². The summed E-state index contributed by atoms with van der Waals surface area (Å²) < 4.78 is 0. The number of benzene rings is 1. The second kappa shape index (κ2) is 5.31. The monoisotopic (exact) mass is 244 g/mol. The SMILES string of the molecule is NC1CCCC(Nc2cccc3c2CCCC3)C1. The van der Waals surface area contributed by atoms with Crippen LogP contribution in [-0.2, 0) is 12.8 Å². The Balaban J connectivity index is 1.76. The minimum atomic E-state index is 0.399. The van der Waals surface area contributed by atoms with E-state index >= 15 is 0 Å². The molecule has 0 aromatic heterocycles. The third kappa shape index (κ3) is 2.54. The molecule has 3 N–H and O–H groups in total. The van der Waals surface area contributed by atoms with Gasteiger partial charge < -0.3 is 11.1 Å². The minimum Gasteiger partial charge on any atom is -0.382 e. The predicted octanol–water partition coefficient (Wildman–Crippen LogP) is 3.25.